The van der Waals surface area contributed by atoms with Gasteiger partial charge in [-0.15, -0.1) is 0 Å². The second-order valence-electron chi connectivity index (χ2n) is 2.55. The van der Waals surface area contributed by atoms with E-state index in [0.717, 1.165) is 13.3 Å². The molecule has 0 spiro atoms. The summed E-state index contributed by atoms with van der Waals surface area (Å²) < 4.78 is 0. The molecule has 0 unspecified atom stereocenters. The van der Waals surface area contributed by atoms with Gasteiger partial charge in [-0.25, -0.2) is 0 Å². The molecule has 10 heavy (non-hydrogen) atoms. The highest BCUT2D eigenvalue weighted by atomic mass is 15.3. The van der Waals surface area contributed by atoms with Crippen molar-refractivity contribution in [2.45, 2.75) is 0 Å². The van der Waals surface area contributed by atoms with Crippen LogP contribution in [0.1, 0.15) is 0 Å². The van der Waals surface area contributed by atoms with Crippen molar-refractivity contribution in [2.24, 2.45) is 5.73 Å². The molecule has 0 saturated carbocycles. The second kappa shape index (κ2) is 5.61. The number of nitrogens with zero attached hydrogens (tertiary/aromatic N) is 2. The monoisotopic (exact) mass is 146 g/mol. The van der Waals surface area contributed by atoms with Gasteiger partial charge in [0.25, 0.3) is 0 Å². The first-order valence-corrected chi connectivity index (χ1v) is 3.42. The normalized spacial score (nSPS) is 11.4. The molecule has 3 N–H and O–H groups in total. The quantitative estimate of drug-likeness (QED) is 0.483. The molecule has 0 bridgehead atoms. The Morgan fingerprint density at radius 1 is 1.30 bits per heavy atom. The van der Waals surface area contributed by atoms with Crippen molar-refractivity contribution in [3.8, 4) is 0 Å². The Morgan fingerprint density at radius 3 is 2.30 bits per heavy atom. The fourth-order valence-corrected chi connectivity index (χ4v) is 0.790. The average Bonchev–Trinajstić information content (AvgIpc) is 1.88. The second-order valence-corrected chi connectivity index (χ2v) is 2.55. The fourth-order valence-electron chi connectivity index (χ4n) is 0.790. The molecular weight excluding hydrogens is 128 g/mol. The zero-order valence-electron chi connectivity index (χ0n) is 7.09. The molecule has 62 valence electrons. The minimum absolute atomic E-state index is 0.605. The van der Waals surface area contributed by atoms with Crippen molar-refractivity contribution < 1.29 is 0 Å². The van der Waals surface area contributed by atoms with Gasteiger partial charge in [0.2, 0.25) is 0 Å². The van der Waals surface area contributed by atoms with Crippen LogP contribution in [-0.4, -0.2) is 50.9 Å². The molecule has 0 aliphatic rings. The summed E-state index contributed by atoms with van der Waals surface area (Å²) in [7, 11) is 5.97. The van der Waals surface area contributed by atoms with Gasteiger partial charge in [-0.05, 0) is 21.1 Å². The first-order chi connectivity index (χ1) is 4.70. The molecule has 0 saturated heterocycles. The largest absolute Gasteiger partial charge is 0.318 e. The van der Waals surface area contributed by atoms with E-state index in [1.165, 1.54) is 0 Å². The van der Waals surface area contributed by atoms with Gasteiger partial charge in [0.05, 0.1) is 6.67 Å². The third-order valence-electron chi connectivity index (χ3n) is 1.22. The first kappa shape index (κ1) is 9.84. The van der Waals surface area contributed by atoms with Gasteiger partial charge in [0, 0.05) is 13.3 Å². The maximum Gasteiger partial charge on any atom is 0.0523 e. The number of hydrogen-bond acceptors (Lipinski definition) is 4. The van der Waals surface area contributed by atoms with E-state index in [0.29, 0.717) is 6.67 Å². The van der Waals surface area contributed by atoms with E-state index in [2.05, 4.69) is 10.2 Å². The van der Waals surface area contributed by atoms with Gasteiger partial charge in [0.1, 0.15) is 0 Å². The third-order valence-corrected chi connectivity index (χ3v) is 1.22. The van der Waals surface area contributed by atoms with E-state index in [1.54, 1.807) is 0 Å². The van der Waals surface area contributed by atoms with Crippen molar-refractivity contribution in [1.82, 2.24) is 15.1 Å². The molecular formula is C6H18N4. The lowest BCUT2D eigenvalue weighted by Crippen LogP contribution is -2.39. The summed E-state index contributed by atoms with van der Waals surface area (Å²) >= 11 is 0. The smallest absolute Gasteiger partial charge is 0.0523 e. The van der Waals surface area contributed by atoms with Gasteiger partial charge in [-0.2, -0.15) is 0 Å². The van der Waals surface area contributed by atoms with Gasteiger partial charge >= 0.3 is 0 Å². The Morgan fingerprint density at radius 2 is 1.90 bits per heavy atom. The van der Waals surface area contributed by atoms with Crippen molar-refractivity contribution in [1.29, 1.82) is 0 Å². The van der Waals surface area contributed by atoms with Crippen LogP contribution in [0, 0.1) is 0 Å². The maximum atomic E-state index is 5.40. The van der Waals surface area contributed by atoms with Crippen LogP contribution >= 0.6 is 0 Å². The molecule has 0 heterocycles. The van der Waals surface area contributed by atoms with Crippen LogP contribution in [0.2, 0.25) is 0 Å². The van der Waals surface area contributed by atoms with Crippen molar-refractivity contribution >= 4 is 0 Å². The Balaban J connectivity index is 3.27. The Hall–Kier alpha value is -0.160. The number of hydrogen-bond donors (Lipinski definition) is 2. The summed E-state index contributed by atoms with van der Waals surface area (Å²) in [5.74, 6) is 0. The lowest BCUT2D eigenvalue weighted by molar-refractivity contribution is 0.180. The average molecular weight is 146 g/mol. The minimum atomic E-state index is 0.605. The van der Waals surface area contributed by atoms with Crippen molar-refractivity contribution in [3.63, 3.8) is 0 Å². The summed E-state index contributed by atoms with van der Waals surface area (Å²) in [4.78, 5) is 4.18. The Labute approximate surface area is 63.0 Å². The molecule has 0 aromatic carbocycles. The highest BCUT2D eigenvalue weighted by Gasteiger charge is 1.98. The van der Waals surface area contributed by atoms with E-state index in [4.69, 9.17) is 5.73 Å². The van der Waals surface area contributed by atoms with Gasteiger partial charge in [0.15, 0.2) is 0 Å². The lowest BCUT2D eigenvalue weighted by Gasteiger charge is -2.22. The van der Waals surface area contributed by atoms with Crippen LogP contribution < -0.4 is 11.1 Å². The van der Waals surface area contributed by atoms with E-state index in [1.807, 2.05) is 26.0 Å². The van der Waals surface area contributed by atoms with Crippen molar-refractivity contribution in [3.05, 3.63) is 0 Å². The molecule has 0 fully saturated rings. The summed E-state index contributed by atoms with van der Waals surface area (Å²) in [6.07, 6.45) is 0. The van der Waals surface area contributed by atoms with E-state index in [-0.39, 0.29) is 0 Å². The van der Waals surface area contributed by atoms with Gasteiger partial charge in [-0.3, -0.25) is 9.80 Å². The maximum absolute atomic E-state index is 5.40. The van der Waals surface area contributed by atoms with Crippen molar-refractivity contribution in [2.75, 3.05) is 41.1 Å². The number of nitrogens with one attached hydrogen (secondary N) is 1. The van der Waals surface area contributed by atoms with Crippen LogP contribution in [0.15, 0.2) is 0 Å². The van der Waals surface area contributed by atoms with E-state index < -0.39 is 0 Å². The Kier molecular flexibility index (Phi) is 5.52. The summed E-state index contributed by atoms with van der Waals surface area (Å²) in [6, 6.07) is 0. The zero-order valence-corrected chi connectivity index (χ0v) is 7.09. The minimum Gasteiger partial charge on any atom is -0.318 e. The molecule has 0 rings (SSSR count). The molecule has 0 aromatic heterocycles. The molecule has 0 radical (unpaired) electrons. The molecule has 0 aromatic rings. The summed E-state index contributed by atoms with van der Waals surface area (Å²) in [5, 5.41) is 3.06. The SMILES string of the molecule is CNCN(C)CN(C)CN. The predicted molar refractivity (Wildman–Crippen MR) is 43.4 cm³/mol. The van der Waals surface area contributed by atoms with Crippen LogP contribution in [0.3, 0.4) is 0 Å². The van der Waals surface area contributed by atoms with Gasteiger partial charge in [-0.1, -0.05) is 0 Å². The third kappa shape index (κ3) is 4.69. The van der Waals surface area contributed by atoms with E-state index in [9.17, 15) is 0 Å². The zero-order chi connectivity index (χ0) is 7.98. The summed E-state index contributed by atoms with van der Waals surface area (Å²) in [5.41, 5.74) is 5.40. The standard InChI is InChI=1S/C6H18N4/c1-8-5-10(3)6-9(2)4-7/h8H,4-7H2,1-3H3. The molecule has 4 heteroatoms. The topological polar surface area (TPSA) is 44.5 Å². The number of rotatable bonds is 5. The Bertz CT molecular complexity index is 76.1. The highest BCUT2D eigenvalue weighted by molar-refractivity contribution is 4.46. The van der Waals surface area contributed by atoms with Crippen LogP contribution in [0.4, 0.5) is 0 Å². The summed E-state index contributed by atoms with van der Waals surface area (Å²) in [6.45, 7) is 2.40. The predicted octanol–water partition coefficient (Wildman–Crippen LogP) is -1.10. The molecule has 0 amide bonds. The molecule has 0 aliphatic heterocycles. The molecule has 0 aliphatic carbocycles. The first-order valence-electron chi connectivity index (χ1n) is 3.42. The fraction of sp³-hybridized carbons (Fsp3) is 1.00. The van der Waals surface area contributed by atoms with Gasteiger partial charge < -0.3 is 11.1 Å². The number of nitrogens with two attached hydrogens (primary N) is 1. The van der Waals surface area contributed by atoms with Crippen LogP contribution in [-0.2, 0) is 0 Å². The molecule has 4 nitrogen and oxygen atoms in total. The molecule has 0 atom stereocenters. The van der Waals surface area contributed by atoms with Crippen LogP contribution in [0.25, 0.3) is 0 Å². The van der Waals surface area contributed by atoms with E-state index >= 15 is 0 Å². The highest BCUT2D eigenvalue weighted by Crippen LogP contribution is 1.81. The van der Waals surface area contributed by atoms with Crippen LogP contribution in [0.5, 0.6) is 0 Å². The lowest BCUT2D eigenvalue weighted by atomic mass is 10.7.